The van der Waals surface area contributed by atoms with E-state index in [1.807, 2.05) is 13.8 Å². The first-order valence-corrected chi connectivity index (χ1v) is 5.29. The number of rotatable bonds is 5. The highest BCUT2D eigenvalue weighted by molar-refractivity contribution is 7.80. The summed E-state index contributed by atoms with van der Waals surface area (Å²) in [7, 11) is 0. The van der Waals surface area contributed by atoms with Gasteiger partial charge in [-0.1, -0.05) is 19.1 Å². The van der Waals surface area contributed by atoms with E-state index in [0.29, 0.717) is 13.1 Å². The van der Waals surface area contributed by atoms with Crippen molar-refractivity contribution in [3.63, 3.8) is 0 Å². The van der Waals surface area contributed by atoms with Crippen LogP contribution >= 0.6 is 12.2 Å². The van der Waals surface area contributed by atoms with E-state index in [9.17, 15) is 9.59 Å². The Kier molecular flexibility index (Phi) is 6.61. The second-order valence-electron chi connectivity index (χ2n) is 3.03. The third kappa shape index (κ3) is 5.31. The molecular weight excluding hydrogens is 214 g/mol. The molecule has 0 rings (SSSR count). The van der Waals surface area contributed by atoms with Crippen molar-refractivity contribution in [2.24, 2.45) is 5.73 Å². The minimum atomic E-state index is -0.655. The fraction of sp³-hybridized carbons (Fsp3) is 0.667. The van der Waals surface area contributed by atoms with E-state index < -0.39 is 11.8 Å². The summed E-state index contributed by atoms with van der Waals surface area (Å²) in [4.78, 5) is 24.5. The van der Waals surface area contributed by atoms with Crippen molar-refractivity contribution in [1.29, 1.82) is 0 Å². The van der Waals surface area contributed by atoms with E-state index in [2.05, 4.69) is 17.5 Å². The summed E-state index contributed by atoms with van der Waals surface area (Å²) in [6, 6.07) is 0. The summed E-state index contributed by atoms with van der Waals surface area (Å²) in [6.45, 7) is 4.93. The highest BCUT2D eigenvalue weighted by Crippen LogP contribution is 1.92. The fourth-order valence-electron chi connectivity index (χ4n) is 1.06. The summed E-state index contributed by atoms with van der Waals surface area (Å²) >= 11 is 4.58. The molecule has 0 atom stereocenters. The van der Waals surface area contributed by atoms with Crippen molar-refractivity contribution in [1.82, 2.24) is 10.2 Å². The maximum absolute atomic E-state index is 11.5. The van der Waals surface area contributed by atoms with Crippen molar-refractivity contribution >= 4 is 29.0 Å². The predicted molar refractivity (Wildman–Crippen MR) is 62.3 cm³/mol. The average Bonchev–Trinajstić information content (AvgIpc) is 2.21. The van der Waals surface area contributed by atoms with Crippen molar-refractivity contribution in [2.75, 3.05) is 19.6 Å². The first kappa shape index (κ1) is 13.8. The molecule has 0 saturated carbocycles. The van der Waals surface area contributed by atoms with Crippen LogP contribution in [0.4, 0.5) is 0 Å². The zero-order valence-electron chi connectivity index (χ0n) is 9.08. The molecule has 6 heteroatoms. The number of carbonyl (C=O) groups excluding carboxylic acids is 2. The molecule has 0 spiro atoms. The molecule has 0 saturated heterocycles. The Labute approximate surface area is 95.0 Å². The third-order valence-electron chi connectivity index (χ3n) is 1.78. The molecular formula is C9H17N3O2S. The van der Waals surface area contributed by atoms with E-state index >= 15 is 0 Å². The van der Waals surface area contributed by atoms with E-state index in [1.165, 1.54) is 4.90 Å². The van der Waals surface area contributed by atoms with Gasteiger partial charge in [-0.3, -0.25) is 9.59 Å². The van der Waals surface area contributed by atoms with E-state index in [1.54, 1.807) is 0 Å². The lowest BCUT2D eigenvalue weighted by Gasteiger charge is -2.18. The first-order chi connectivity index (χ1) is 7.02. The lowest BCUT2D eigenvalue weighted by atomic mass is 10.3. The number of likely N-dealkylation sites (N-methyl/N-ethyl adjacent to an activating group) is 1. The summed E-state index contributed by atoms with van der Waals surface area (Å²) in [5.41, 5.74) is 5.20. The summed E-state index contributed by atoms with van der Waals surface area (Å²) in [5.74, 6) is -1.19. The van der Waals surface area contributed by atoms with Crippen molar-refractivity contribution in [3.05, 3.63) is 0 Å². The number of nitrogens with zero attached hydrogens (tertiary/aromatic N) is 1. The van der Waals surface area contributed by atoms with Crippen molar-refractivity contribution in [2.45, 2.75) is 20.3 Å². The molecule has 15 heavy (non-hydrogen) atoms. The van der Waals surface area contributed by atoms with Gasteiger partial charge in [-0.25, -0.2) is 0 Å². The number of nitrogens with two attached hydrogens (primary N) is 1. The maximum atomic E-state index is 11.5. The van der Waals surface area contributed by atoms with Crippen molar-refractivity contribution < 1.29 is 9.59 Å². The fourth-order valence-corrected chi connectivity index (χ4v) is 1.13. The first-order valence-electron chi connectivity index (χ1n) is 4.88. The lowest BCUT2D eigenvalue weighted by molar-refractivity contribution is -0.145. The quantitative estimate of drug-likeness (QED) is 0.501. The highest BCUT2D eigenvalue weighted by atomic mass is 32.1. The van der Waals surface area contributed by atoms with Crippen LogP contribution in [-0.4, -0.2) is 41.3 Å². The highest BCUT2D eigenvalue weighted by Gasteiger charge is 2.19. The summed E-state index contributed by atoms with van der Waals surface area (Å²) in [5, 5.41) is 2.36. The molecule has 0 radical (unpaired) electrons. The molecule has 0 aliphatic rings. The summed E-state index contributed by atoms with van der Waals surface area (Å²) < 4.78 is 0. The molecule has 0 unspecified atom stereocenters. The molecule has 0 aromatic rings. The van der Waals surface area contributed by atoms with Gasteiger partial charge in [0, 0.05) is 13.1 Å². The molecule has 0 heterocycles. The largest absolute Gasteiger partial charge is 0.392 e. The molecule has 0 aliphatic heterocycles. The minimum Gasteiger partial charge on any atom is -0.392 e. The van der Waals surface area contributed by atoms with Gasteiger partial charge in [-0.05, 0) is 13.3 Å². The number of hydrogen-bond acceptors (Lipinski definition) is 3. The van der Waals surface area contributed by atoms with Crippen LogP contribution in [0.15, 0.2) is 0 Å². The van der Waals surface area contributed by atoms with Crippen molar-refractivity contribution in [3.8, 4) is 0 Å². The Morgan fingerprint density at radius 2 is 2.00 bits per heavy atom. The monoisotopic (exact) mass is 231 g/mol. The second-order valence-corrected chi connectivity index (χ2v) is 3.56. The van der Waals surface area contributed by atoms with E-state index in [-0.39, 0.29) is 11.5 Å². The van der Waals surface area contributed by atoms with Gasteiger partial charge in [-0.15, -0.1) is 0 Å². The van der Waals surface area contributed by atoms with Gasteiger partial charge in [0.1, 0.15) is 0 Å². The predicted octanol–water partition coefficient (Wildman–Crippen LogP) is -0.353. The van der Waals surface area contributed by atoms with Gasteiger partial charge in [0.15, 0.2) is 0 Å². The molecule has 0 aromatic carbocycles. The van der Waals surface area contributed by atoms with Gasteiger partial charge in [0.25, 0.3) is 0 Å². The molecule has 0 aliphatic carbocycles. The molecule has 86 valence electrons. The zero-order valence-corrected chi connectivity index (χ0v) is 9.89. The lowest BCUT2D eigenvalue weighted by Crippen LogP contribution is -2.45. The van der Waals surface area contributed by atoms with Crippen LogP contribution in [0.3, 0.4) is 0 Å². The molecule has 5 nitrogen and oxygen atoms in total. The number of nitrogens with one attached hydrogen (secondary N) is 1. The summed E-state index contributed by atoms with van der Waals surface area (Å²) in [6.07, 6.45) is 0.822. The average molecular weight is 231 g/mol. The SMILES string of the molecule is CCCN(CC)C(=O)C(=O)NCC(N)=S. The van der Waals surface area contributed by atoms with E-state index in [0.717, 1.165) is 6.42 Å². The topological polar surface area (TPSA) is 75.4 Å². The Morgan fingerprint density at radius 3 is 2.40 bits per heavy atom. The number of hydrogen-bond donors (Lipinski definition) is 2. The molecule has 2 amide bonds. The van der Waals surface area contributed by atoms with Crippen LogP contribution in [0.1, 0.15) is 20.3 Å². The Balaban J connectivity index is 4.16. The van der Waals surface area contributed by atoms with Crippen LogP contribution in [0.5, 0.6) is 0 Å². The second kappa shape index (κ2) is 7.17. The van der Waals surface area contributed by atoms with Crippen LogP contribution in [0.25, 0.3) is 0 Å². The smallest absolute Gasteiger partial charge is 0.311 e. The molecule has 3 N–H and O–H groups in total. The molecule has 0 fully saturated rings. The minimum absolute atomic E-state index is 0.0591. The Hall–Kier alpha value is -1.17. The van der Waals surface area contributed by atoms with Gasteiger partial charge in [0.05, 0.1) is 11.5 Å². The van der Waals surface area contributed by atoms with Gasteiger partial charge >= 0.3 is 11.8 Å². The van der Waals surface area contributed by atoms with Gasteiger partial charge < -0.3 is 16.0 Å². The standard InChI is InChI=1S/C9H17N3O2S/c1-3-5-12(4-2)9(14)8(13)11-6-7(10)15/h3-6H2,1-2H3,(H2,10,15)(H,11,13). The van der Waals surface area contributed by atoms with Gasteiger partial charge in [0.2, 0.25) is 0 Å². The Bertz CT molecular complexity index is 256. The van der Waals surface area contributed by atoms with Crippen LogP contribution in [0, 0.1) is 0 Å². The van der Waals surface area contributed by atoms with Crippen LogP contribution in [-0.2, 0) is 9.59 Å². The van der Waals surface area contributed by atoms with Crippen LogP contribution < -0.4 is 11.1 Å². The zero-order chi connectivity index (χ0) is 11.8. The van der Waals surface area contributed by atoms with Gasteiger partial charge in [-0.2, -0.15) is 0 Å². The maximum Gasteiger partial charge on any atom is 0.311 e. The third-order valence-corrected chi connectivity index (χ3v) is 1.92. The van der Waals surface area contributed by atoms with Crippen LogP contribution in [0.2, 0.25) is 0 Å². The van der Waals surface area contributed by atoms with E-state index in [4.69, 9.17) is 5.73 Å². The molecule has 0 bridgehead atoms. The number of carbonyl (C=O) groups is 2. The number of amides is 2. The number of thiocarbonyl (C=S) groups is 1. The Morgan fingerprint density at radius 1 is 1.40 bits per heavy atom. The normalized spacial score (nSPS) is 9.47. The molecule has 0 aromatic heterocycles.